The lowest BCUT2D eigenvalue weighted by atomic mass is 10.1. The van der Waals surface area contributed by atoms with E-state index in [1.54, 1.807) is 51.1 Å². The van der Waals surface area contributed by atoms with E-state index < -0.39 is 0 Å². The van der Waals surface area contributed by atoms with Crippen molar-refractivity contribution in [2.24, 2.45) is 0 Å². The molecule has 0 aliphatic rings. The lowest BCUT2D eigenvalue weighted by molar-refractivity contribution is 0.00618. The summed E-state index contributed by atoms with van der Waals surface area (Å²) in [6.45, 7) is 5.50. The fourth-order valence-corrected chi connectivity index (χ4v) is 7.52. The van der Waals surface area contributed by atoms with E-state index in [9.17, 15) is 0 Å². The molecule has 0 N–H and O–H groups in total. The third-order valence-corrected chi connectivity index (χ3v) is 10.9. The summed E-state index contributed by atoms with van der Waals surface area (Å²) in [5.74, 6) is 3.34. The largest absolute Gasteiger partial charge is 0.497 e. The molecule has 0 saturated carbocycles. The van der Waals surface area contributed by atoms with Crippen molar-refractivity contribution in [2.45, 2.75) is 39.4 Å². The zero-order chi connectivity index (χ0) is 39.7. The highest BCUT2D eigenvalue weighted by atomic mass is 32.1. The summed E-state index contributed by atoms with van der Waals surface area (Å²) in [4.78, 5) is 14.4. The third kappa shape index (κ3) is 12.9. The molecule has 6 aromatic rings. The molecule has 57 heavy (non-hydrogen) atoms. The zero-order valence-corrected chi connectivity index (χ0v) is 34.6. The molecule has 0 atom stereocenters. The molecule has 4 aromatic carbocycles. The lowest BCUT2D eigenvalue weighted by Crippen LogP contribution is -2.22. The van der Waals surface area contributed by atoms with Crippen molar-refractivity contribution in [1.29, 1.82) is 0 Å². The van der Waals surface area contributed by atoms with Crippen LogP contribution in [0.5, 0.6) is 23.0 Å². The monoisotopic (exact) mass is 810 g/mol. The Morgan fingerprint density at radius 1 is 0.404 bits per heavy atom. The van der Waals surface area contributed by atoms with E-state index in [2.05, 4.69) is 69.1 Å². The molecule has 0 spiro atoms. The molecule has 0 saturated heterocycles. The topological polar surface area (TPSA) is 96.9 Å². The number of hydrogen-bond acceptors (Lipinski definition) is 13. The molecule has 0 fully saturated rings. The number of rotatable bonds is 24. The molecule has 0 radical (unpaired) electrons. The normalized spacial score (nSPS) is 11.0. The van der Waals surface area contributed by atoms with Gasteiger partial charge in [0, 0.05) is 36.9 Å². The number of thiazole rings is 2. The van der Waals surface area contributed by atoms with E-state index in [0.717, 1.165) is 44.6 Å². The van der Waals surface area contributed by atoms with E-state index in [4.69, 9.17) is 43.1 Å². The summed E-state index contributed by atoms with van der Waals surface area (Å²) in [5, 5.41) is 5.98. The molecule has 0 unspecified atom stereocenters. The second-order valence-corrected chi connectivity index (χ2v) is 14.7. The first-order valence-electron chi connectivity index (χ1n) is 18.7. The Balaban J connectivity index is 0.922. The van der Waals surface area contributed by atoms with Crippen molar-refractivity contribution >= 4 is 32.9 Å². The number of hydrogen-bond donors (Lipinski definition) is 0. The maximum absolute atomic E-state index is 5.92. The zero-order valence-electron chi connectivity index (χ0n) is 32.9. The van der Waals surface area contributed by atoms with Crippen LogP contribution in [0.2, 0.25) is 0 Å². The molecular weight excluding hydrogens is 761 g/mol. The number of ether oxygens (including phenoxy) is 7. The molecule has 300 valence electrons. The Morgan fingerprint density at radius 3 is 0.965 bits per heavy atom. The molecule has 2 aromatic heterocycles. The van der Waals surface area contributed by atoms with Gasteiger partial charge in [-0.15, -0.1) is 22.7 Å². The summed E-state index contributed by atoms with van der Waals surface area (Å²) in [7, 11) is 6.71. The Kier molecular flexibility index (Phi) is 16.0. The Labute approximate surface area is 343 Å². The first-order chi connectivity index (χ1) is 28.0. The molecule has 0 aliphatic heterocycles. The average molecular weight is 811 g/mol. The fourth-order valence-electron chi connectivity index (χ4n) is 5.89. The summed E-state index contributed by atoms with van der Waals surface area (Å²) < 4.78 is 39.0. The summed E-state index contributed by atoms with van der Waals surface area (Å²) in [5.41, 5.74) is 6.46. The second-order valence-electron chi connectivity index (χ2n) is 13.1. The molecule has 0 amide bonds. The number of anilines is 2. The summed E-state index contributed by atoms with van der Waals surface area (Å²) in [6, 6.07) is 32.6. The Bertz CT molecular complexity index is 1790. The highest BCUT2D eigenvalue weighted by molar-refractivity contribution is 7.14. The van der Waals surface area contributed by atoms with Gasteiger partial charge in [-0.1, -0.05) is 48.5 Å². The van der Waals surface area contributed by atoms with Gasteiger partial charge in [0.2, 0.25) is 0 Å². The number of methoxy groups -OCH3 is 4. The van der Waals surface area contributed by atoms with Crippen molar-refractivity contribution in [2.75, 3.05) is 64.7 Å². The third-order valence-electron chi connectivity index (χ3n) is 8.99. The highest BCUT2D eigenvalue weighted by Gasteiger charge is 2.16. The van der Waals surface area contributed by atoms with Crippen LogP contribution in [0, 0.1) is 0 Å². The van der Waals surface area contributed by atoms with Gasteiger partial charge in [0.1, 0.15) is 23.0 Å². The van der Waals surface area contributed by atoms with Crippen LogP contribution in [0.1, 0.15) is 33.6 Å². The quantitative estimate of drug-likeness (QED) is 0.0549. The molecule has 2 heterocycles. The van der Waals surface area contributed by atoms with E-state index >= 15 is 0 Å². The molecule has 0 bridgehead atoms. The molecule has 13 heteroatoms. The van der Waals surface area contributed by atoms with Crippen molar-refractivity contribution in [3.63, 3.8) is 0 Å². The van der Waals surface area contributed by atoms with Gasteiger partial charge >= 0.3 is 0 Å². The predicted octanol–water partition coefficient (Wildman–Crippen LogP) is 8.80. The maximum Gasteiger partial charge on any atom is 0.186 e. The number of aromatic nitrogens is 2. The van der Waals surface area contributed by atoms with Gasteiger partial charge in [0.25, 0.3) is 0 Å². The average Bonchev–Trinajstić information content (AvgIpc) is 3.94. The van der Waals surface area contributed by atoms with E-state index in [0.29, 0.717) is 65.8 Å². The highest BCUT2D eigenvalue weighted by Crippen LogP contribution is 2.28. The van der Waals surface area contributed by atoms with Gasteiger partial charge in [-0.2, -0.15) is 0 Å². The maximum atomic E-state index is 5.92. The molecule has 0 aliphatic carbocycles. The summed E-state index contributed by atoms with van der Waals surface area (Å²) >= 11 is 3.23. The van der Waals surface area contributed by atoms with E-state index in [1.165, 1.54) is 22.3 Å². The number of nitrogens with zero attached hydrogens (tertiary/aromatic N) is 4. The summed E-state index contributed by atoms with van der Waals surface area (Å²) in [6.07, 6.45) is 0. The van der Waals surface area contributed by atoms with Gasteiger partial charge in [0.15, 0.2) is 10.3 Å². The van der Waals surface area contributed by atoms with Crippen LogP contribution in [0.3, 0.4) is 0 Å². The number of benzene rings is 4. The van der Waals surface area contributed by atoms with Crippen molar-refractivity contribution < 1.29 is 33.2 Å². The van der Waals surface area contributed by atoms with Crippen molar-refractivity contribution in [1.82, 2.24) is 9.97 Å². The van der Waals surface area contributed by atoms with Crippen LogP contribution in [0.15, 0.2) is 108 Å². The van der Waals surface area contributed by atoms with Gasteiger partial charge in [-0.05, 0) is 70.8 Å². The minimum Gasteiger partial charge on any atom is -0.497 e. The molecule has 11 nitrogen and oxygen atoms in total. The second kappa shape index (κ2) is 21.9. The first kappa shape index (κ1) is 41.5. The van der Waals surface area contributed by atoms with Gasteiger partial charge < -0.3 is 43.0 Å². The van der Waals surface area contributed by atoms with E-state index in [-0.39, 0.29) is 0 Å². The van der Waals surface area contributed by atoms with Crippen LogP contribution in [0.4, 0.5) is 10.3 Å². The molecule has 6 rings (SSSR count). The fraction of sp³-hybridized carbons (Fsp3) is 0.318. The van der Waals surface area contributed by atoms with Crippen molar-refractivity contribution in [3.8, 4) is 23.0 Å². The smallest absolute Gasteiger partial charge is 0.186 e. The van der Waals surface area contributed by atoms with Crippen LogP contribution in [-0.2, 0) is 53.6 Å². The Hall–Kier alpha value is -5.18. The van der Waals surface area contributed by atoms with Gasteiger partial charge in [0.05, 0.1) is 79.5 Å². The predicted molar refractivity (Wildman–Crippen MR) is 226 cm³/mol. The van der Waals surface area contributed by atoms with Crippen molar-refractivity contribution in [3.05, 3.63) is 141 Å². The van der Waals surface area contributed by atoms with E-state index in [1.807, 2.05) is 48.5 Å². The first-order valence-corrected chi connectivity index (χ1v) is 20.4. The minimum absolute atomic E-state index is 0.412. The van der Waals surface area contributed by atoms with Crippen LogP contribution in [0.25, 0.3) is 0 Å². The lowest BCUT2D eigenvalue weighted by Gasteiger charge is -2.22. The standard InChI is InChI=1S/C44H50N4O7S2/c1-49-39-13-5-33(6-14-39)25-47(26-34-7-15-40(50-2)16-8-34)43-45-37(31-56-43)29-54-23-21-53-22-24-55-30-38-32-57-44(46-38)48(27-35-9-17-41(51-3)18-10-35)28-36-11-19-42(52-4)20-12-36/h5-20,31-32H,21-30H2,1-4H3. The Morgan fingerprint density at radius 2 is 0.684 bits per heavy atom. The molecular formula is C44H50N4O7S2. The van der Waals surface area contributed by atoms with Crippen LogP contribution >= 0.6 is 22.7 Å². The van der Waals surface area contributed by atoms with Crippen LogP contribution < -0.4 is 28.7 Å². The van der Waals surface area contributed by atoms with Crippen LogP contribution in [-0.4, -0.2) is 64.8 Å². The van der Waals surface area contributed by atoms with Gasteiger partial charge in [-0.25, -0.2) is 9.97 Å². The van der Waals surface area contributed by atoms with Gasteiger partial charge in [-0.3, -0.25) is 0 Å². The minimum atomic E-state index is 0.412. The SMILES string of the molecule is COc1ccc(CN(Cc2ccc(OC)cc2)c2nc(COCCOCCOCc3csc(N(Cc4ccc(OC)cc4)Cc4ccc(OC)cc4)n3)cs2)cc1.